The average molecular weight is 342 g/mol. The Labute approximate surface area is 141 Å². The fourth-order valence-corrected chi connectivity index (χ4v) is 3.33. The van der Waals surface area contributed by atoms with Gasteiger partial charge in [0, 0.05) is 10.6 Å². The molecule has 2 aromatic carbocycles. The van der Waals surface area contributed by atoms with Crippen LogP contribution >= 0.6 is 11.6 Å². The summed E-state index contributed by atoms with van der Waals surface area (Å²) in [6.45, 7) is 0. The molecule has 0 saturated heterocycles. The van der Waals surface area contributed by atoms with Crippen LogP contribution in [-0.2, 0) is 6.42 Å². The zero-order valence-corrected chi connectivity index (χ0v) is 13.1. The molecule has 1 aliphatic rings. The lowest BCUT2D eigenvalue weighted by Crippen LogP contribution is -2.35. The van der Waals surface area contributed by atoms with E-state index in [1.165, 1.54) is 10.0 Å². The maximum Gasteiger partial charge on any atom is 0.354 e. The van der Waals surface area contributed by atoms with Crippen LogP contribution in [0.1, 0.15) is 11.1 Å². The van der Waals surface area contributed by atoms with Gasteiger partial charge in [-0.15, -0.1) is 0 Å². The van der Waals surface area contributed by atoms with Crippen LogP contribution in [0.5, 0.6) is 0 Å². The van der Waals surface area contributed by atoms with Crippen LogP contribution in [0, 0.1) is 0 Å². The molecule has 1 aliphatic carbocycles. The van der Waals surface area contributed by atoms with Crippen molar-refractivity contribution in [1.29, 1.82) is 0 Å². The Morgan fingerprint density at radius 2 is 1.92 bits per heavy atom. The highest BCUT2D eigenvalue weighted by atomic mass is 35.5. The van der Waals surface area contributed by atoms with E-state index >= 15 is 0 Å². The molecule has 0 spiro atoms. The largest absolute Gasteiger partial charge is 0.354 e. The van der Waals surface area contributed by atoms with Gasteiger partial charge in [0.25, 0.3) is 0 Å². The van der Waals surface area contributed by atoms with Crippen LogP contribution in [0.15, 0.2) is 53.3 Å². The topological polar surface area (TPSA) is 76.3 Å². The molecule has 0 fully saturated rings. The number of fused-ring (bicyclic) bond motifs is 2. The second-order valence-electron chi connectivity index (χ2n) is 5.45. The highest BCUT2D eigenvalue weighted by Gasteiger charge is 2.24. The molecule has 2 N–H and O–H groups in total. The van der Waals surface area contributed by atoms with Gasteiger partial charge in [-0.3, -0.25) is 9.77 Å². The molecule has 0 bridgehead atoms. The summed E-state index contributed by atoms with van der Waals surface area (Å²) >= 11 is 6.03. The zero-order valence-electron chi connectivity index (χ0n) is 12.4. The van der Waals surface area contributed by atoms with Crippen molar-refractivity contribution in [2.45, 2.75) is 6.42 Å². The van der Waals surface area contributed by atoms with Gasteiger partial charge in [0.05, 0.1) is 16.7 Å². The molecule has 3 aromatic rings. The average Bonchev–Trinajstić information content (AvgIpc) is 3.11. The molecule has 1 amide bonds. The molecule has 24 heavy (non-hydrogen) atoms. The number of nitrogens with zero attached hydrogens (tertiary/aromatic N) is 2. The number of aromatic nitrogens is 2. The quantitative estimate of drug-likeness (QED) is 0.528. The Hall–Kier alpha value is -2.83. The number of halogens is 1. The van der Waals surface area contributed by atoms with Gasteiger partial charge in [0.15, 0.2) is 0 Å². The third kappa shape index (κ3) is 2.01. The maximum absolute atomic E-state index is 12.8. The van der Waals surface area contributed by atoms with Crippen molar-refractivity contribution in [2.75, 3.05) is 0 Å². The minimum Gasteiger partial charge on any atom is -0.287 e. The summed E-state index contributed by atoms with van der Waals surface area (Å²) in [6, 6.07) is 11.5. The van der Waals surface area contributed by atoms with Gasteiger partial charge in [-0.05, 0) is 36.2 Å². The van der Waals surface area contributed by atoms with Gasteiger partial charge in [0.1, 0.15) is 0 Å². The molecule has 1 aromatic heterocycles. The van der Waals surface area contributed by atoms with E-state index in [1.54, 1.807) is 30.3 Å². The molecule has 1 heterocycles. The normalized spacial score (nSPS) is 13.0. The van der Waals surface area contributed by atoms with Gasteiger partial charge >= 0.3 is 11.7 Å². The fourth-order valence-electron chi connectivity index (χ4n) is 3.14. The van der Waals surface area contributed by atoms with E-state index in [2.05, 4.69) is 0 Å². The molecular weight excluding hydrogens is 330 g/mol. The molecule has 0 saturated carbocycles. The van der Waals surface area contributed by atoms with E-state index in [4.69, 9.17) is 16.8 Å². The van der Waals surface area contributed by atoms with Gasteiger partial charge in [-0.25, -0.2) is 19.6 Å². The first-order chi connectivity index (χ1) is 11.6. The molecule has 120 valence electrons. The third-order valence-corrected chi connectivity index (χ3v) is 4.38. The number of carbonyl (C=O) groups excluding carboxylic acids is 1. The lowest BCUT2D eigenvalue weighted by molar-refractivity contribution is 0.163. The molecule has 0 unspecified atom stereocenters. The first-order valence-electron chi connectivity index (χ1n) is 7.28. The number of allylic oxidation sites excluding steroid dienone is 1. The summed E-state index contributed by atoms with van der Waals surface area (Å²) in [5, 5.41) is 9.57. The first kappa shape index (κ1) is 14.7. The number of benzene rings is 2. The number of hydroxylamine groups is 1. The van der Waals surface area contributed by atoms with Gasteiger partial charge < -0.3 is 0 Å². The Balaban J connectivity index is 2.02. The number of carbonyl (C=O) groups is 1. The van der Waals surface area contributed by atoms with Gasteiger partial charge in [-0.2, -0.15) is 0 Å². The SMILES string of the molecule is O=C(NO)n1c(=O)n(C2=CCc3cc(Cl)ccc32)c2ccccc21. The Morgan fingerprint density at radius 1 is 1.17 bits per heavy atom. The van der Waals surface area contributed by atoms with Crippen molar-refractivity contribution in [2.24, 2.45) is 0 Å². The minimum absolute atomic E-state index is 0.414. The van der Waals surface area contributed by atoms with Crippen LogP contribution in [0.25, 0.3) is 16.7 Å². The maximum atomic E-state index is 12.8. The molecule has 6 nitrogen and oxygen atoms in total. The lowest BCUT2D eigenvalue weighted by atomic mass is 10.1. The molecule has 7 heteroatoms. The number of hydrogen-bond acceptors (Lipinski definition) is 3. The molecule has 0 radical (unpaired) electrons. The fraction of sp³-hybridized carbons (Fsp3) is 0.0588. The van der Waals surface area contributed by atoms with Crippen molar-refractivity contribution in [3.05, 3.63) is 75.2 Å². The van der Waals surface area contributed by atoms with Crippen LogP contribution < -0.4 is 11.2 Å². The number of nitrogens with one attached hydrogen (secondary N) is 1. The van der Waals surface area contributed by atoms with E-state index < -0.39 is 11.7 Å². The highest BCUT2D eigenvalue weighted by molar-refractivity contribution is 6.30. The summed E-state index contributed by atoms with van der Waals surface area (Å²) < 4.78 is 2.38. The van der Waals surface area contributed by atoms with Crippen molar-refractivity contribution >= 4 is 34.4 Å². The molecule has 4 rings (SSSR count). The summed E-state index contributed by atoms with van der Waals surface area (Å²) in [5.74, 6) is 0. The second-order valence-corrected chi connectivity index (χ2v) is 5.89. The van der Waals surface area contributed by atoms with Crippen LogP contribution in [0.2, 0.25) is 5.02 Å². The predicted molar refractivity (Wildman–Crippen MR) is 90.4 cm³/mol. The summed E-state index contributed by atoms with van der Waals surface area (Å²) in [6.07, 6.45) is 2.58. The van der Waals surface area contributed by atoms with Crippen molar-refractivity contribution in [3.8, 4) is 0 Å². The number of amides is 1. The number of para-hydroxylation sites is 2. The van der Waals surface area contributed by atoms with E-state index in [0.29, 0.717) is 28.2 Å². The number of hydrogen-bond donors (Lipinski definition) is 2. The molecular formula is C17H12ClN3O3. The Morgan fingerprint density at radius 3 is 2.67 bits per heavy atom. The van der Waals surface area contributed by atoms with Crippen molar-refractivity contribution in [1.82, 2.24) is 14.6 Å². The van der Waals surface area contributed by atoms with Crippen molar-refractivity contribution < 1.29 is 10.0 Å². The first-order valence-corrected chi connectivity index (χ1v) is 7.66. The Kier molecular flexibility index (Phi) is 3.30. The number of imidazole rings is 1. The standard InChI is InChI=1S/C17H12ClN3O3/c18-11-6-7-12-10(9-11)5-8-13(12)20-14-3-1-2-4-15(14)21(17(20)23)16(22)19-24/h1-4,6-9,24H,5H2,(H,19,22). The summed E-state index contributed by atoms with van der Waals surface area (Å²) in [7, 11) is 0. The van der Waals surface area contributed by atoms with E-state index in [-0.39, 0.29) is 0 Å². The second kappa shape index (κ2) is 5.36. The van der Waals surface area contributed by atoms with Crippen molar-refractivity contribution in [3.63, 3.8) is 0 Å². The predicted octanol–water partition coefficient (Wildman–Crippen LogP) is 2.85. The Bertz CT molecular complexity index is 1080. The summed E-state index contributed by atoms with van der Waals surface area (Å²) in [5.41, 5.74) is 4.59. The molecule has 0 aliphatic heterocycles. The van der Waals surface area contributed by atoms with Gasteiger partial charge in [-0.1, -0.05) is 35.9 Å². The lowest BCUT2D eigenvalue weighted by Gasteiger charge is -2.07. The van der Waals surface area contributed by atoms with E-state index in [9.17, 15) is 9.59 Å². The van der Waals surface area contributed by atoms with Crippen LogP contribution in [0.3, 0.4) is 0 Å². The van der Waals surface area contributed by atoms with E-state index in [1.807, 2.05) is 18.2 Å². The summed E-state index contributed by atoms with van der Waals surface area (Å²) in [4.78, 5) is 24.8. The van der Waals surface area contributed by atoms with Gasteiger partial charge in [0.2, 0.25) is 0 Å². The van der Waals surface area contributed by atoms with E-state index in [0.717, 1.165) is 15.7 Å². The third-order valence-electron chi connectivity index (χ3n) is 4.14. The zero-order chi connectivity index (χ0) is 16.8. The smallest absolute Gasteiger partial charge is 0.287 e. The number of rotatable bonds is 1. The highest BCUT2D eigenvalue weighted by Crippen LogP contribution is 2.32. The van der Waals surface area contributed by atoms with Crippen LogP contribution in [-0.4, -0.2) is 20.4 Å². The van der Waals surface area contributed by atoms with Crippen LogP contribution in [0.4, 0.5) is 4.79 Å². The monoisotopic (exact) mass is 341 g/mol. The minimum atomic E-state index is -0.898. The molecule has 0 atom stereocenters.